The fourth-order valence-corrected chi connectivity index (χ4v) is 7.02. The first kappa shape index (κ1) is 33.4. The summed E-state index contributed by atoms with van der Waals surface area (Å²) in [5.41, 5.74) is -0.294. The van der Waals surface area contributed by atoms with Crippen LogP contribution in [0.3, 0.4) is 0 Å². The van der Waals surface area contributed by atoms with Crippen molar-refractivity contribution >= 4 is 23.7 Å². The number of hydrogen-bond donors (Lipinski definition) is 4. The van der Waals surface area contributed by atoms with Gasteiger partial charge in [0.2, 0.25) is 11.8 Å². The number of unbranched alkanes of at least 4 members (excludes halogenated alkanes) is 1. The molecular weight excluding hydrogens is 588 g/mol. The van der Waals surface area contributed by atoms with E-state index in [4.69, 9.17) is 9.84 Å². The molecule has 248 valence electrons. The van der Waals surface area contributed by atoms with Crippen molar-refractivity contribution in [1.82, 2.24) is 20.4 Å². The molecule has 5 rings (SSSR count). The van der Waals surface area contributed by atoms with Crippen LogP contribution < -0.4 is 15.4 Å². The van der Waals surface area contributed by atoms with Crippen molar-refractivity contribution in [3.63, 3.8) is 0 Å². The lowest BCUT2D eigenvalue weighted by molar-refractivity contribution is -0.163. The molecule has 2 saturated heterocycles. The van der Waals surface area contributed by atoms with Gasteiger partial charge in [0.1, 0.15) is 29.6 Å². The average Bonchev–Trinajstić information content (AvgIpc) is 3.05. The number of nitrogens with zero attached hydrogens (tertiary/aromatic N) is 2. The lowest BCUT2D eigenvalue weighted by Crippen LogP contribution is -2.73. The number of amides is 3. The number of carbonyl (C=O) groups is 4. The lowest BCUT2D eigenvalue weighted by atomic mass is 9.77. The van der Waals surface area contributed by atoms with Crippen LogP contribution in [0.5, 0.6) is 11.5 Å². The molecule has 0 bridgehead atoms. The van der Waals surface area contributed by atoms with E-state index in [1.165, 1.54) is 0 Å². The van der Waals surface area contributed by atoms with Crippen molar-refractivity contribution in [2.75, 3.05) is 26.2 Å². The van der Waals surface area contributed by atoms with Gasteiger partial charge in [-0.2, -0.15) is 0 Å². The van der Waals surface area contributed by atoms with Crippen LogP contribution >= 0.6 is 0 Å². The Kier molecular flexibility index (Phi) is 10.6. The molecule has 2 aliphatic heterocycles. The summed E-state index contributed by atoms with van der Waals surface area (Å²) in [6.45, 7) is 4.27. The summed E-state index contributed by atoms with van der Waals surface area (Å²) in [6, 6.07) is 13.6. The van der Waals surface area contributed by atoms with Gasteiger partial charge >= 0.3 is 5.97 Å². The van der Waals surface area contributed by atoms with Crippen molar-refractivity contribution in [1.29, 1.82) is 0 Å². The maximum Gasteiger partial charge on any atom is 0.322 e. The van der Waals surface area contributed by atoms with E-state index in [0.29, 0.717) is 75.3 Å². The summed E-state index contributed by atoms with van der Waals surface area (Å²) in [5, 5.41) is 25.2. The molecule has 1 aliphatic carbocycles. The first-order chi connectivity index (χ1) is 22.1. The van der Waals surface area contributed by atoms with E-state index in [1.807, 2.05) is 29.2 Å². The maximum absolute atomic E-state index is 13.8. The average molecular weight is 635 g/mol. The number of aliphatic hydroxyl groups is 1. The molecule has 11 heteroatoms. The minimum absolute atomic E-state index is 0.0489. The van der Waals surface area contributed by atoms with Crippen molar-refractivity contribution in [2.45, 2.75) is 94.9 Å². The van der Waals surface area contributed by atoms with Gasteiger partial charge in [0, 0.05) is 38.2 Å². The van der Waals surface area contributed by atoms with Gasteiger partial charge < -0.3 is 30.5 Å². The molecule has 3 aliphatic rings. The minimum Gasteiger partial charge on any atom is -0.480 e. The van der Waals surface area contributed by atoms with Gasteiger partial charge in [-0.25, -0.2) is 0 Å². The third-order valence-electron chi connectivity index (χ3n) is 9.68. The predicted molar refractivity (Wildman–Crippen MR) is 171 cm³/mol. The highest BCUT2D eigenvalue weighted by Gasteiger charge is 2.54. The first-order valence-electron chi connectivity index (χ1n) is 16.5. The summed E-state index contributed by atoms with van der Waals surface area (Å²) in [6.07, 6.45) is 7.56. The molecule has 2 aromatic rings. The minimum atomic E-state index is -1.11. The Hall–Kier alpha value is -3.96. The number of benzene rings is 2. The Balaban J connectivity index is 1.16. The van der Waals surface area contributed by atoms with Crippen LogP contribution in [0.15, 0.2) is 48.5 Å². The molecule has 0 aromatic heterocycles. The molecule has 1 spiro atoms. The fraction of sp³-hybridized carbons (Fsp3) is 0.543. The van der Waals surface area contributed by atoms with E-state index < -0.39 is 35.6 Å². The van der Waals surface area contributed by atoms with Gasteiger partial charge in [-0.1, -0.05) is 44.7 Å². The predicted octanol–water partition coefficient (Wildman–Crippen LogP) is 3.84. The van der Waals surface area contributed by atoms with Gasteiger partial charge in [-0.05, 0) is 74.1 Å². The SMILES string of the molecule is CCCCN1C(=O)[C@@H](CC2(O)CCCCC2)NC(=O)C12CCN(Cc1ccc(Oc3ccc(C(=O)NCC(=O)O)cc3)cc1)CC2. The van der Waals surface area contributed by atoms with Crippen molar-refractivity contribution in [2.24, 2.45) is 0 Å². The summed E-state index contributed by atoms with van der Waals surface area (Å²) < 4.78 is 5.92. The van der Waals surface area contributed by atoms with Crippen LogP contribution in [-0.2, 0) is 20.9 Å². The quantitative estimate of drug-likeness (QED) is 0.275. The smallest absolute Gasteiger partial charge is 0.322 e. The molecule has 2 heterocycles. The van der Waals surface area contributed by atoms with Crippen LogP contribution in [0.2, 0.25) is 0 Å². The summed E-state index contributed by atoms with van der Waals surface area (Å²) in [4.78, 5) is 54.4. The molecule has 1 saturated carbocycles. The van der Waals surface area contributed by atoms with Gasteiger partial charge in [-0.3, -0.25) is 24.1 Å². The normalized spacial score (nSPS) is 21.1. The summed E-state index contributed by atoms with van der Waals surface area (Å²) >= 11 is 0. The Morgan fingerprint density at radius 3 is 2.20 bits per heavy atom. The number of ether oxygens (including phenoxy) is 1. The first-order valence-corrected chi connectivity index (χ1v) is 16.5. The molecule has 0 radical (unpaired) electrons. The van der Waals surface area contributed by atoms with Crippen LogP contribution in [0, 0.1) is 0 Å². The van der Waals surface area contributed by atoms with Crippen LogP contribution in [0.25, 0.3) is 0 Å². The van der Waals surface area contributed by atoms with Gasteiger partial charge in [0.05, 0.1) is 5.60 Å². The molecular formula is C35H46N4O7. The second kappa shape index (κ2) is 14.6. The topological polar surface area (TPSA) is 149 Å². The second-order valence-electron chi connectivity index (χ2n) is 13.0. The highest BCUT2D eigenvalue weighted by atomic mass is 16.5. The Morgan fingerprint density at radius 1 is 0.957 bits per heavy atom. The Labute approximate surface area is 270 Å². The molecule has 3 amide bonds. The van der Waals surface area contributed by atoms with E-state index in [1.54, 1.807) is 24.3 Å². The van der Waals surface area contributed by atoms with Crippen molar-refractivity contribution < 1.29 is 34.1 Å². The highest BCUT2D eigenvalue weighted by molar-refractivity contribution is 6.00. The highest BCUT2D eigenvalue weighted by Crippen LogP contribution is 2.38. The zero-order chi connectivity index (χ0) is 32.7. The van der Waals surface area contributed by atoms with E-state index in [9.17, 15) is 24.3 Å². The third-order valence-corrected chi connectivity index (χ3v) is 9.68. The second-order valence-corrected chi connectivity index (χ2v) is 13.0. The zero-order valence-electron chi connectivity index (χ0n) is 26.6. The molecule has 0 unspecified atom stereocenters. The molecule has 46 heavy (non-hydrogen) atoms. The third kappa shape index (κ3) is 7.87. The van der Waals surface area contributed by atoms with E-state index >= 15 is 0 Å². The lowest BCUT2D eigenvalue weighted by Gasteiger charge is -2.52. The number of rotatable bonds is 12. The van der Waals surface area contributed by atoms with Gasteiger partial charge in [0.15, 0.2) is 0 Å². The van der Waals surface area contributed by atoms with Gasteiger partial charge in [0.25, 0.3) is 5.91 Å². The maximum atomic E-state index is 13.8. The van der Waals surface area contributed by atoms with E-state index in [0.717, 1.165) is 37.7 Å². The number of carboxylic acid groups (broad SMARTS) is 1. The molecule has 3 fully saturated rings. The number of likely N-dealkylation sites (tertiary alicyclic amines) is 1. The summed E-state index contributed by atoms with van der Waals surface area (Å²) in [7, 11) is 0. The number of carboxylic acids is 1. The number of piperazine rings is 1. The number of piperidine rings is 1. The fourth-order valence-electron chi connectivity index (χ4n) is 7.02. The molecule has 4 N–H and O–H groups in total. The van der Waals surface area contributed by atoms with E-state index in [-0.39, 0.29) is 11.8 Å². The number of aliphatic carboxylic acids is 1. The Bertz CT molecular complexity index is 1380. The van der Waals surface area contributed by atoms with E-state index in [2.05, 4.69) is 22.5 Å². The van der Waals surface area contributed by atoms with Crippen LogP contribution in [0.4, 0.5) is 0 Å². The number of carbonyl (C=O) groups excluding carboxylic acids is 3. The van der Waals surface area contributed by atoms with Crippen LogP contribution in [-0.4, -0.2) is 87.1 Å². The van der Waals surface area contributed by atoms with Gasteiger partial charge in [-0.15, -0.1) is 0 Å². The molecule has 11 nitrogen and oxygen atoms in total. The van der Waals surface area contributed by atoms with Crippen LogP contribution in [0.1, 0.15) is 87.1 Å². The largest absolute Gasteiger partial charge is 0.480 e. The van der Waals surface area contributed by atoms with Crippen molar-refractivity contribution in [3.8, 4) is 11.5 Å². The summed E-state index contributed by atoms with van der Waals surface area (Å²) in [5.74, 6) is -0.518. The number of hydrogen-bond acceptors (Lipinski definition) is 7. The zero-order valence-corrected chi connectivity index (χ0v) is 26.6. The standard InChI is InChI=1S/C35H46N4O7/c1-2-3-19-39-32(43)29(22-34(45)15-5-4-6-16-34)37-33(44)35(39)17-20-38(21-18-35)24-25-7-11-27(12-8-25)46-28-13-9-26(10-14-28)31(42)36-23-30(40)41/h7-14,29,45H,2-6,15-24H2,1H3,(H,36,42)(H,37,44)(H,40,41)/t29-/m1/s1. The number of nitrogens with one attached hydrogen (secondary N) is 2. The molecule has 1 atom stereocenters. The molecule has 2 aromatic carbocycles. The Morgan fingerprint density at radius 2 is 1.59 bits per heavy atom. The van der Waals surface area contributed by atoms with Crippen molar-refractivity contribution in [3.05, 3.63) is 59.7 Å². The monoisotopic (exact) mass is 634 g/mol.